The van der Waals surface area contributed by atoms with E-state index in [4.69, 9.17) is 0 Å². The molecule has 0 radical (unpaired) electrons. The van der Waals surface area contributed by atoms with Gasteiger partial charge in [0.2, 0.25) is 0 Å². The molecule has 56 valence electrons. The molecule has 1 nitrogen and oxygen atoms in total. The first-order valence-electron chi connectivity index (χ1n) is 3.96. The normalized spacial score (nSPS) is 14.8. The van der Waals surface area contributed by atoms with Crippen molar-refractivity contribution >= 4 is 6.08 Å². The first-order valence-corrected chi connectivity index (χ1v) is 3.96. The van der Waals surface area contributed by atoms with Gasteiger partial charge in [-0.2, -0.15) is 0 Å². The Morgan fingerprint density at radius 3 is 2.82 bits per heavy atom. The highest BCUT2D eigenvalue weighted by atomic mass is 14.6. The van der Waals surface area contributed by atoms with Crippen molar-refractivity contribution in [2.45, 2.75) is 19.8 Å². The summed E-state index contributed by atoms with van der Waals surface area (Å²) in [5.74, 6) is 0. The number of aryl methyl sites for hydroxylation is 1. The van der Waals surface area contributed by atoms with Crippen LogP contribution < -0.4 is 0 Å². The van der Waals surface area contributed by atoms with Crippen LogP contribution in [-0.2, 0) is 0 Å². The summed E-state index contributed by atoms with van der Waals surface area (Å²) in [5.41, 5.74) is 4.04. The van der Waals surface area contributed by atoms with Crippen molar-refractivity contribution in [1.29, 1.82) is 0 Å². The van der Waals surface area contributed by atoms with Crippen LogP contribution in [0.5, 0.6) is 0 Å². The smallest absolute Gasteiger partial charge is 0.0340 e. The van der Waals surface area contributed by atoms with Crippen LogP contribution in [0, 0.1) is 6.92 Å². The van der Waals surface area contributed by atoms with Gasteiger partial charge in [0.05, 0.1) is 0 Å². The molecule has 1 aliphatic carbocycles. The largest absolute Gasteiger partial charge is 0.264 e. The van der Waals surface area contributed by atoms with E-state index in [1.165, 1.54) is 24.0 Å². The summed E-state index contributed by atoms with van der Waals surface area (Å²) in [4.78, 5) is 4.12. The first kappa shape index (κ1) is 6.59. The van der Waals surface area contributed by atoms with Gasteiger partial charge in [-0.05, 0) is 37.0 Å². The quantitative estimate of drug-likeness (QED) is 0.591. The second-order valence-electron chi connectivity index (χ2n) is 3.10. The van der Waals surface area contributed by atoms with Crippen molar-refractivity contribution < 1.29 is 0 Å². The van der Waals surface area contributed by atoms with Crippen LogP contribution in [0.4, 0.5) is 0 Å². The molecule has 1 fully saturated rings. The topological polar surface area (TPSA) is 12.9 Å². The van der Waals surface area contributed by atoms with Gasteiger partial charge in [0, 0.05) is 12.4 Å². The summed E-state index contributed by atoms with van der Waals surface area (Å²) in [6.45, 7) is 2.07. The molecule has 1 heteroatoms. The molecule has 2 rings (SSSR count). The second-order valence-corrected chi connectivity index (χ2v) is 3.10. The minimum Gasteiger partial charge on any atom is -0.264 e. The molecule has 0 saturated heterocycles. The molecule has 0 N–H and O–H groups in total. The number of allylic oxidation sites excluding steroid dienone is 1. The van der Waals surface area contributed by atoms with Crippen LogP contribution in [0.1, 0.15) is 24.0 Å². The minimum atomic E-state index is 1.24. The van der Waals surface area contributed by atoms with Crippen LogP contribution in [0.25, 0.3) is 6.08 Å². The Hall–Kier alpha value is -1.11. The Balaban J connectivity index is 2.30. The number of hydrogen-bond acceptors (Lipinski definition) is 1. The third-order valence-corrected chi connectivity index (χ3v) is 1.81. The maximum Gasteiger partial charge on any atom is 0.0340 e. The summed E-state index contributed by atoms with van der Waals surface area (Å²) < 4.78 is 0. The molecule has 0 amide bonds. The monoisotopic (exact) mass is 145 g/mol. The van der Waals surface area contributed by atoms with Gasteiger partial charge in [-0.1, -0.05) is 11.6 Å². The van der Waals surface area contributed by atoms with Crippen molar-refractivity contribution in [2.75, 3.05) is 0 Å². The lowest BCUT2D eigenvalue weighted by atomic mass is 10.2. The minimum absolute atomic E-state index is 1.24. The summed E-state index contributed by atoms with van der Waals surface area (Å²) in [7, 11) is 0. The lowest BCUT2D eigenvalue weighted by Gasteiger charge is -1.92. The highest BCUT2D eigenvalue weighted by Gasteiger charge is 2.09. The van der Waals surface area contributed by atoms with Crippen LogP contribution >= 0.6 is 0 Å². The first-order chi connectivity index (χ1) is 5.34. The number of aromatic nitrogens is 1. The van der Waals surface area contributed by atoms with Crippen molar-refractivity contribution in [3.05, 3.63) is 35.2 Å². The Labute approximate surface area is 66.8 Å². The highest BCUT2D eigenvalue weighted by molar-refractivity contribution is 5.55. The average Bonchev–Trinajstić information content (AvgIpc) is 2.71. The molecular formula is C10H11N. The van der Waals surface area contributed by atoms with Crippen LogP contribution in [0.3, 0.4) is 0 Å². The summed E-state index contributed by atoms with van der Waals surface area (Å²) in [5, 5.41) is 0. The van der Waals surface area contributed by atoms with E-state index >= 15 is 0 Å². The number of hydrogen-bond donors (Lipinski definition) is 0. The molecule has 0 unspecified atom stereocenters. The molecule has 1 aromatic heterocycles. The van der Waals surface area contributed by atoms with Crippen LogP contribution in [0.2, 0.25) is 0 Å². The Morgan fingerprint density at radius 1 is 1.36 bits per heavy atom. The molecule has 0 aromatic carbocycles. The third-order valence-electron chi connectivity index (χ3n) is 1.81. The highest BCUT2D eigenvalue weighted by Crippen LogP contribution is 2.29. The average molecular weight is 145 g/mol. The van der Waals surface area contributed by atoms with E-state index in [0.29, 0.717) is 0 Å². The predicted molar refractivity (Wildman–Crippen MR) is 46.2 cm³/mol. The fraction of sp³-hybridized carbons (Fsp3) is 0.300. The van der Waals surface area contributed by atoms with Crippen molar-refractivity contribution in [3.8, 4) is 0 Å². The van der Waals surface area contributed by atoms with Gasteiger partial charge in [0.25, 0.3) is 0 Å². The van der Waals surface area contributed by atoms with Crippen molar-refractivity contribution in [3.63, 3.8) is 0 Å². The molecule has 0 spiro atoms. The summed E-state index contributed by atoms with van der Waals surface area (Å²) in [6, 6.07) is 2.16. The lowest BCUT2D eigenvalue weighted by Crippen LogP contribution is -1.78. The second kappa shape index (κ2) is 2.50. The van der Waals surface area contributed by atoms with Gasteiger partial charge in [-0.25, -0.2) is 0 Å². The summed E-state index contributed by atoms with van der Waals surface area (Å²) in [6.07, 6.45) is 8.61. The summed E-state index contributed by atoms with van der Waals surface area (Å²) >= 11 is 0. The van der Waals surface area contributed by atoms with Gasteiger partial charge < -0.3 is 0 Å². The van der Waals surface area contributed by atoms with Gasteiger partial charge >= 0.3 is 0 Å². The molecule has 1 saturated carbocycles. The zero-order chi connectivity index (χ0) is 7.68. The maximum atomic E-state index is 4.12. The molecule has 0 aliphatic heterocycles. The van der Waals surface area contributed by atoms with E-state index in [1.807, 2.05) is 12.4 Å². The van der Waals surface area contributed by atoms with E-state index in [1.54, 1.807) is 5.57 Å². The Bertz CT molecular complexity index is 293. The van der Waals surface area contributed by atoms with Gasteiger partial charge in [-0.3, -0.25) is 4.98 Å². The fourth-order valence-electron chi connectivity index (χ4n) is 1.11. The van der Waals surface area contributed by atoms with Crippen molar-refractivity contribution in [2.24, 2.45) is 0 Å². The zero-order valence-electron chi connectivity index (χ0n) is 6.67. The molecule has 1 aliphatic rings. The fourth-order valence-corrected chi connectivity index (χ4v) is 1.11. The number of nitrogens with zero attached hydrogens (tertiary/aromatic N) is 1. The predicted octanol–water partition coefficient (Wildman–Crippen LogP) is 2.57. The lowest BCUT2D eigenvalue weighted by molar-refractivity contribution is 1.26. The standard InChI is InChI=1S/C10H11N/c1-8-4-10(7-11-6-8)5-9-2-3-9/h4-7H,2-3H2,1H3. The molecule has 0 atom stereocenters. The molecule has 1 aromatic rings. The molecule has 1 heterocycles. The van der Waals surface area contributed by atoms with Crippen molar-refractivity contribution in [1.82, 2.24) is 4.98 Å². The van der Waals surface area contributed by atoms with Crippen LogP contribution in [0.15, 0.2) is 24.0 Å². The van der Waals surface area contributed by atoms with Crippen LogP contribution in [-0.4, -0.2) is 4.98 Å². The Morgan fingerprint density at radius 2 is 2.18 bits per heavy atom. The van der Waals surface area contributed by atoms with E-state index in [0.717, 1.165) is 0 Å². The van der Waals surface area contributed by atoms with Gasteiger partial charge in [-0.15, -0.1) is 0 Å². The van der Waals surface area contributed by atoms with E-state index in [2.05, 4.69) is 24.1 Å². The van der Waals surface area contributed by atoms with Gasteiger partial charge in [0.1, 0.15) is 0 Å². The molecular weight excluding hydrogens is 134 g/mol. The molecule has 0 bridgehead atoms. The van der Waals surface area contributed by atoms with E-state index in [9.17, 15) is 0 Å². The zero-order valence-corrected chi connectivity index (χ0v) is 6.67. The van der Waals surface area contributed by atoms with Gasteiger partial charge in [0.15, 0.2) is 0 Å². The number of pyridine rings is 1. The van der Waals surface area contributed by atoms with E-state index < -0.39 is 0 Å². The Kier molecular flexibility index (Phi) is 1.50. The number of rotatable bonds is 1. The third kappa shape index (κ3) is 1.67. The molecule has 11 heavy (non-hydrogen) atoms. The maximum absolute atomic E-state index is 4.12. The van der Waals surface area contributed by atoms with E-state index in [-0.39, 0.29) is 0 Å². The SMILES string of the molecule is Cc1cncc(C=C2CC2)c1.